The van der Waals surface area contributed by atoms with Crippen LogP contribution in [0.4, 0.5) is 54.0 Å². The predicted molar refractivity (Wildman–Crippen MR) is 90.2 cm³/mol. The third-order valence-corrected chi connectivity index (χ3v) is 4.48. The molecule has 1 amide bonds. The van der Waals surface area contributed by atoms with Gasteiger partial charge in [-0.25, -0.2) is 8.78 Å². The van der Waals surface area contributed by atoms with Gasteiger partial charge in [-0.15, -0.1) is 0 Å². The molecule has 0 unspecified atom stereocenters. The van der Waals surface area contributed by atoms with Gasteiger partial charge in [-0.05, 0) is 43.2 Å². The molecule has 2 rings (SSSR count). The molecule has 0 saturated carbocycles. The van der Waals surface area contributed by atoms with Gasteiger partial charge in [0.15, 0.2) is 0 Å². The Morgan fingerprint density at radius 3 is 1.66 bits per heavy atom. The molecule has 0 aliphatic heterocycles. The van der Waals surface area contributed by atoms with Crippen LogP contribution in [-0.4, -0.2) is 18.3 Å². The molecule has 0 atom stereocenters. The van der Waals surface area contributed by atoms with E-state index < -0.39 is 69.4 Å². The lowest BCUT2D eigenvalue weighted by molar-refractivity contribution is -0.348. The molecular weight excluding hydrogens is 467 g/mol. The summed E-state index contributed by atoms with van der Waals surface area (Å²) in [6, 6.07) is 1.46. The normalized spacial score (nSPS) is 13.3. The van der Waals surface area contributed by atoms with Gasteiger partial charge in [0.25, 0.3) is 5.91 Å². The van der Waals surface area contributed by atoms with Crippen molar-refractivity contribution in [3.05, 3.63) is 64.0 Å². The SMILES string of the molecule is Cc1cc(C(F)(C(F)(F)F)C(F)(F)F)cc(C)c1NC(=O)c1ccc(F)cc1C(F)(F)F. The monoisotopic (exact) mass is 479 g/mol. The summed E-state index contributed by atoms with van der Waals surface area (Å²) in [6.45, 7) is 1.85. The minimum atomic E-state index is -6.37. The molecule has 0 heterocycles. The Kier molecular flexibility index (Phi) is 6.29. The van der Waals surface area contributed by atoms with Gasteiger partial charge in [-0.3, -0.25) is 4.79 Å². The van der Waals surface area contributed by atoms with Crippen LogP contribution in [0.25, 0.3) is 0 Å². The van der Waals surface area contributed by atoms with Crippen molar-refractivity contribution in [2.24, 2.45) is 0 Å². The second-order valence-corrected chi connectivity index (χ2v) is 6.78. The number of aryl methyl sites for hydroxylation is 2. The van der Waals surface area contributed by atoms with Crippen LogP contribution in [0.5, 0.6) is 0 Å². The van der Waals surface area contributed by atoms with Crippen molar-refractivity contribution in [2.45, 2.75) is 38.0 Å². The lowest BCUT2D eigenvalue weighted by atomic mass is 9.90. The first-order valence-corrected chi connectivity index (χ1v) is 8.43. The number of anilines is 1. The van der Waals surface area contributed by atoms with Crippen LogP contribution in [0.1, 0.15) is 32.6 Å². The van der Waals surface area contributed by atoms with E-state index in [0.29, 0.717) is 12.1 Å². The van der Waals surface area contributed by atoms with E-state index in [4.69, 9.17) is 0 Å². The Labute approximate surface area is 173 Å². The molecule has 0 fully saturated rings. The zero-order valence-electron chi connectivity index (χ0n) is 16.0. The topological polar surface area (TPSA) is 29.1 Å². The van der Waals surface area contributed by atoms with E-state index in [2.05, 4.69) is 0 Å². The van der Waals surface area contributed by atoms with Crippen LogP contribution in [0, 0.1) is 19.7 Å². The van der Waals surface area contributed by atoms with Crippen molar-refractivity contribution in [1.29, 1.82) is 0 Å². The van der Waals surface area contributed by atoms with Crippen LogP contribution >= 0.6 is 0 Å². The fraction of sp³-hybridized carbons (Fsp3) is 0.316. The molecule has 0 radical (unpaired) electrons. The summed E-state index contributed by atoms with van der Waals surface area (Å²) in [5.41, 5.74) is -11.7. The average molecular weight is 479 g/mol. The number of alkyl halides is 10. The second-order valence-electron chi connectivity index (χ2n) is 6.78. The van der Waals surface area contributed by atoms with Crippen LogP contribution in [0.15, 0.2) is 30.3 Å². The fourth-order valence-electron chi connectivity index (χ4n) is 2.98. The summed E-state index contributed by atoms with van der Waals surface area (Å²) in [5.74, 6) is -2.77. The maximum atomic E-state index is 14.3. The first-order chi connectivity index (χ1) is 14.3. The molecule has 13 heteroatoms. The Hall–Kier alpha value is -2.86. The number of hydrogen-bond acceptors (Lipinski definition) is 1. The third-order valence-electron chi connectivity index (χ3n) is 4.48. The Balaban J connectivity index is 2.55. The fourth-order valence-corrected chi connectivity index (χ4v) is 2.98. The van der Waals surface area contributed by atoms with Gasteiger partial charge in [-0.1, -0.05) is 12.1 Å². The van der Waals surface area contributed by atoms with Gasteiger partial charge in [0, 0.05) is 11.3 Å². The van der Waals surface area contributed by atoms with Gasteiger partial charge in [0.05, 0.1) is 11.1 Å². The van der Waals surface area contributed by atoms with Crippen molar-refractivity contribution >= 4 is 11.6 Å². The molecule has 1 N–H and O–H groups in total. The number of carbonyl (C=O) groups is 1. The van der Waals surface area contributed by atoms with E-state index in [9.17, 15) is 53.1 Å². The van der Waals surface area contributed by atoms with Crippen LogP contribution in [0.2, 0.25) is 0 Å². The highest BCUT2D eigenvalue weighted by molar-refractivity contribution is 6.06. The van der Waals surface area contributed by atoms with E-state index in [-0.39, 0.29) is 18.2 Å². The zero-order chi connectivity index (χ0) is 24.9. The lowest BCUT2D eigenvalue weighted by Crippen LogP contribution is -2.50. The van der Waals surface area contributed by atoms with Gasteiger partial charge >= 0.3 is 24.2 Å². The summed E-state index contributed by atoms with van der Waals surface area (Å²) >= 11 is 0. The van der Waals surface area contributed by atoms with Crippen molar-refractivity contribution < 1.29 is 53.1 Å². The standard InChI is InChI=1S/C19H12F11NO/c1-8-5-10(16(21,18(25,26)27)19(28,29)30)6-9(2)14(8)31-15(32)12-4-3-11(20)7-13(12)17(22,23)24/h3-7H,1-2H3,(H,31,32). The van der Waals surface area contributed by atoms with Crippen LogP contribution < -0.4 is 5.32 Å². The molecule has 0 aliphatic carbocycles. The first kappa shape index (κ1) is 25.4. The number of benzene rings is 2. The zero-order valence-corrected chi connectivity index (χ0v) is 16.0. The Morgan fingerprint density at radius 2 is 1.25 bits per heavy atom. The summed E-state index contributed by atoms with van der Waals surface area (Å²) in [4.78, 5) is 12.3. The van der Waals surface area contributed by atoms with E-state index in [1.54, 1.807) is 0 Å². The smallest absolute Gasteiger partial charge is 0.321 e. The number of nitrogens with one attached hydrogen (secondary N) is 1. The predicted octanol–water partition coefficient (Wildman–Crippen LogP) is 7.00. The van der Waals surface area contributed by atoms with Crippen molar-refractivity contribution in [2.75, 3.05) is 5.32 Å². The number of carbonyl (C=O) groups excluding carboxylic acids is 1. The minimum Gasteiger partial charge on any atom is -0.321 e. The molecule has 0 aliphatic rings. The Morgan fingerprint density at radius 1 is 0.781 bits per heavy atom. The van der Waals surface area contributed by atoms with Crippen molar-refractivity contribution in [3.8, 4) is 0 Å². The minimum absolute atomic E-state index is 0.0435. The van der Waals surface area contributed by atoms with E-state index in [0.717, 1.165) is 13.8 Å². The van der Waals surface area contributed by atoms with E-state index in [1.807, 2.05) is 5.32 Å². The third kappa shape index (κ3) is 4.51. The van der Waals surface area contributed by atoms with Gasteiger partial charge in [-0.2, -0.15) is 39.5 Å². The highest BCUT2D eigenvalue weighted by atomic mass is 19.4. The molecule has 2 aromatic carbocycles. The molecular formula is C19H12F11NO. The van der Waals surface area contributed by atoms with E-state index >= 15 is 0 Å². The lowest BCUT2D eigenvalue weighted by Gasteiger charge is -2.31. The number of rotatable bonds is 3. The molecule has 0 saturated heterocycles. The van der Waals surface area contributed by atoms with Gasteiger partial charge < -0.3 is 5.32 Å². The maximum absolute atomic E-state index is 14.3. The molecule has 2 aromatic rings. The number of halogens is 11. The summed E-state index contributed by atoms with van der Waals surface area (Å²) in [5, 5.41) is 1.94. The van der Waals surface area contributed by atoms with Crippen molar-refractivity contribution in [1.82, 2.24) is 0 Å². The average Bonchev–Trinajstić information content (AvgIpc) is 2.60. The largest absolute Gasteiger partial charge is 0.435 e. The van der Waals surface area contributed by atoms with Crippen LogP contribution in [0.3, 0.4) is 0 Å². The second kappa shape index (κ2) is 7.93. The number of amides is 1. The van der Waals surface area contributed by atoms with Gasteiger partial charge in [0.1, 0.15) is 5.82 Å². The van der Waals surface area contributed by atoms with Crippen LogP contribution in [-0.2, 0) is 11.8 Å². The van der Waals surface area contributed by atoms with E-state index in [1.165, 1.54) is 0 Å². The molecule has 32 heavy (non-hydrogen) atoms. The maximum Gasteiger partial charge on any atom is 0.435 e. The molecule has 0 bridgehead atoms. The highest BCUT2D eigenvalue weighted by Crippen LogP contribution is 2.53. The van der Waals surface area contributed by atoms with Gasteiger partial charge in [0.2, 0.25) is 0 Å². The molecule has 0 aromatic heterocycles. The molecule has 176 valence electrons. The first-order valence-electron chi connectivity index (χ1n) is 8.43. The molecule has 0 spiro atoms. The summed E-state index contributed by atoms with van der Waals surface area (Å²) < 4.78 is 145. The Bertz CT molecular complexity index is 998. The molecule has 2 nitrogen and oxygen atoms in total. The summed E-state index contributed by atoms with van der Waals surface area (Å²) in [6.07, 6.45) is -17.9. The van der Waals surface area contributed by atoms with Crippen molar-refractivity contribution in [3.63, 3.8) is 0 Å². The highest BCUT2D eigenvalue weighted by Gasteiger charge is 2.73. The summed E-state index contributed by atoms with van der Waals surface area (Å²) in [7, 11) is 0. The number of hydrogen-bond donors (Lipinski definition) is 1. The quantitative estimate of drug-likeness (QED) is 0.472.